The van der Waals surface area contributed by atoms with Crippen molar-refractivity contribution >= 4 is 48.5 Å². The Kier molecular flexibility index (Phi) is 7.28. The molecular weight excluding hydrogens is 593 g/mol. The molecule has 0 aliphatic heterocycles. The van der Waals surface area contributed by atoms with Crippen molar-refractivity contribution in [2.75, 3.05) is 6.61 Å². The molecule has 0 heterocycles. The number of sulfonamides is 1. The zero-order chi connectivity index (χ0) is 22.2. The summed E-state index contributed by atoms with van der Waals surface area (Å²) in [5, 5.41) is 0. The van der Waals surface area contributed by atoms with E-state index >= 15 is 0 Å². The second-order valence-electron chi connectivity index (χ2n) is 6.50. The molecule has 4 nitrogen and oxygen atoms in total. The number of alkyl halides is 4. The minimum atomic E-state index is -4.99. The summed E-state index contributed by atoms with van der Waals surface area (Å²) >= 11 is 4.02. The molecule has 0 bridgehead atoms. The molecule has 11 heteroatoms. The summed E-state index contributed by atoms with van der Waals surface area (Å²) < 4.78 is 84.6. The van der Waals surface area contributed by atoms with Gasteiger partial charge >= 0.3 is 6.18 Å². The highest BCUT2D eigenvalue weighted by molar-refractivity contribution is 14.1. The molecule has 29 heavy (non-hydrogen) atoms. The van der Waals surface area contributed by atoms with Crippen LogP contribution in [0.2, 0.25) is 0 Å². The monoisotopic (exact) mass is 609 g/mol. The Labute approximate surface area is 188 Å². The Bertz CT molecular complexity index is 1010. The molecule has 2 rings (SSSR count). The highest BCUT2D eigenvalue weighted by Gasteiger charge is 2.56. The second kappa shape index (κ2) is 8.67. The molecule has 2 aromatic rings. The van der Waals surface area contributed by atoms with Crippen molar-refractivity contribution in [2.45, 2.75) is 35.4 Å². The van der Waals surface area contributed by atoms with Gasteiger partial charge < -0.3 is 4.74 Å². The summed E-state index contributed by atoms with van der Waals surface area (Å²) in [6, 6.07) is 6.43. The molecule has 0 amide bonds. The van der Waals surface area contributed by atoms with E-state index in [0.29, 0.717) is 11.1 Å². The maximum atomic E-state index is 13.8. The maximum Gasteiger partial charge on any atom is 0.420 e. The van der Waals surface area contributed by atoms with E-state index in [4.69, 9.17) is 4.74 Å². The number of benzene rings is 2. The number of hydrogen-bond acceptors (Lipinski definition) is 3. The minimum Gasteiger partial charge on any atom is -0.489 e. The lowest BCUT2D eigenvalue weighted by Crippen LogP contribution is -2.57. The summed E-state index contributed by atoms with van der Waals surface area (Å²) in [6.07, 6.45) is -4.99. The molecule has 1 atom stereocenters. The quantitative estimate of drug-likeness (QED) is 0.202. The van der Waals surface area contributed by atoms with E-state index < -0.39 is 32.2 Å². The molecule has 160 valence electrons. The normalized spacial score (nSPS) is 14.5. The number of ether oxygens (including phenoxy) is 1. The summed E-state index contributed by atoms with van der Waals surface area (Å²) in [4.78, 5) is -0.222. The van der Waals surface area contributed by atoms with Crippen LogP contribution in [0.1, 0.15) is 16.7 Å². The molecule has 0 aromatic heterocycles. The molecule has 1 unspecified atom stereocenters. The van der Waals surface area contributed by atoms with Gasteiger partial charge in [0.15, 0.2) is 0 Å². The fourth-order valence-corrected chi connectivity index (χ4v) is 5.84. The number of rotatable bonds is 6. The topological polar surface area (TPSA) is 55.4 Å². The van der Waals surface area contributed by atoms with Crippen LogP contribution in [0.4, 0.5) is 17.6 Å². The van der Waals surface area contributed by atoms with E-state index in [1.807, 2.05) is 0 Å². The number of aryl methyl sites for hydroxylation is 3. The molecule has 0 fully saturated rings. The van der Waals surface area contributed by atoms with Crippen LogP contribution in [0.5, 0.6) is 5.75 Å². The number of nitrogens with one attached hydrogen (secondary N) is 1. The predicted molar refractivity (Wildman–Crippen MR) is 113 cm³/mol. The third-order valence-corrected chi connectivity index (χ3v) is 7.95. The number of halogens is 6. The van der Waals surface area contributed by atoms with E-state index in [0.717, 1.165) is 40.3 Å². The van der Waals surface area contributed by atoms with Crippen LogP contribution in [0, 0.1) is 26.6 Å². The van der Waals surface area contributed by atoms with Gasteiger partial charge in [-0.15, -0.1) is 0 Å². The van der Waals surface area contributed by atoms with Crippen molar-refractivity contribution in [3.8, 4) is 5.75 Å². The first kappa shape index (κ1) is 24.4. The predicted octanol–water partition coefficient (Wildman–Crippen LogP) is 5.56. The van der Waals surface area contributed by atoms with Crippen LogP contribution < -0.4 is 9.46 Å². The lowest BCUT2D eigenvalue weighted by atomic mass is 10.1. The molecule has 2 aromatic carbocycles. The SMILES string of the molecule is Cc1cc(C)c(S(=O)(=O)NC(I)(COc2cc(F)ccc2Br)C(F)(F)F)c(C)c1. The van der Waals surface area contributed by atoms with Gasteiger partial charge in [-0.1, -0.05) is 17.7 Å². The third kappa shape index (κ3) is 5.61. The fraction of sp³-hybridized carbons (Fsp3) is 0.333. The average molecular weight is 610 g/mol. The molecule has 1 N–H and O–H groups in total. The smallest absolute Gasteiger partial charge is 0.420 e. The largest absolute Gasteiger partial charge is 0.489 e. The number of hydrogen-bond donors (Lipinski definition) is 1. The molecule has 0 saturated carbocycles. The van der Waals surface area contributed by atoms with Gasteiger partial charge in [-0.2, -0.15) is 17.9 Å². The highest BCUT2D eigenvalue weighted by Crippen LogP contribution is 2.39. The summed E-state index contributed by atoms with van der Waals surface area (Å²) in [6.45, 7) is 3.67. The van der Waals surface area contributed by atoms with E-state index in [2.05, 4.69) is 15.9 Å². The van der Waals surface area contributed by atoms with E-state index in [1.54, 1.807) is 23.8 Å². The Balaban J connectivity index is 2.41. The fourth-order valence-electron chi connectivity index (χ4n) is 2.79. The van der Waals surface area contributed by atoms with Crippen molar-refractivity contribution in [3.63, 3.8) is 0 Å². The lowest BCUT2D eigenvalue weighted by molar-refractivity contribution is -0.163. The van der Waals surface area contributed by atoms with Gasteiger partial charge in [0.05, 0.1) is 9.37 Å². The van der Waals surface area contributed by atoms with Gasteiger partial charge in [0, 0.05) is 6.07 Å². The van der Waals surface area contributed by atoms with Gasteiger partial charge in [-0.05, 0) is 82.6 Å². The van der Waals surface area contributed by atoms with Crippen LogP contribution in [-0.2, 0) is 10.0 Å². The molecule has 0 saturated heterocycles. The lowest BCUT2D eigenvalue weighted by Gasteiger charge is -2.31. The summed E-state index contributed by atoms with van der Waals surface area (Å²) in [7, 11) is -4.55. The standard InChI is InChI=1S/C18H17BrF4INO3S/c1-10-6-11(2)16(12(3)7-10)29(26,27)25-17(24,18(21,22)23)9-28-15-8-13(20)4-5-14(15)19/h4-8,25H,9H2,1-3H3. The molecule has 0 aliphatic carbocycles. The average Bonchev–Trinajstić information content (AvgIpc) is 2.52. The zero-order valence-electron chi connectivity index (χ0n) is 15.5. The van der Waals surface area contributed by atoms with Gasteiger partial charge in [0.25, 0.3) is 0 Å². The maximum absolute atomic E-state index is 13.8. The van der Waals surface area contributed by atoms with Crippen LogP contribution >= 0.6 is 38.5 Å². The van der Waals surface area contributed by atoms with Crippen molar-refractivity contribution in [1.29, 1.82) is 0 Å². The second-order valence-corrected chi connectivity index (χ2v) is 10.8. The zero-order valence-corrected chi connectivity index (χ0v) is 20.1. The van der Waals surface area contributed by atoms with Crippen molar-refractivity contribution in [3.05, 3.63) is 57.3 Å². The summed E-state index contributed by atoms with van der Waals surface area (Å²) in [5.41, 5.74) is 1.43. The third-order valence-electron chi connectivity index (χ3n) is 3.94. The molecule has 0 aliphatic rings. The van der Waals surface area contributed by atoms with Crippen LogP contribution in [0.3, 0.4) is 0 Å². The molecular formula is C18H17BrF4INO3S. The van der Waals surface area contributed by atoms with Crippen molar-refractivity contribution in [2.24, 2.45) is 0 Å². The van der Waals surface area contributed by atoms with Gasteiger partial charge in [0.1, 0.15) is 18.2 Å². The Morgan fingerprint density at radius 3 is 2.17 bits per heavy atom. The highest BCUT2D eigenvalue weighted by atomic mass is 127. The van der Waals surface area contributed by atoms with Gasteiger partial charge in [-0.3, -0.25) is 0 Å². The van der Waals surface area contributed by atoms with Crippen molar-refractivity contribution < 1.29 is 30.7 Å². The summed E-state index contributed by atoms with van der Waals surface area (Å²) in [5.74, 6) is -0.891. The first-order valence-electron chi connectivity index (χ1n) is 8.11. The van der Waals surface area contributed by atoms with Crippen LogP contribution in [-0.4, -0.2) is 24.7 Å². The Morgan fingerprint density at radius 1 is 1.10 bits per heavy atom. The first-order valence-corrected chi connectivity index (χ1v) is 11.5. The Morgan fingerprint density at radius 2 is 1.66 bits per heavy atom. The van der Waals surface area contributed by atoms with Crippen molar-refractivity contribution in [1.82, 2.24) is 4.72 Å². The van der Waals surface area contributed by atoms with E-state index in [9.17, 15) is 26.0 Å². The molecule has 0 spiro atoms. The van der Waals surface area contributed by atoms with E-state index in [-0.39, 0.29) is 15.1 Å². The van der Waals surface area contributed by atoms with Crippen LogP contribution in [0.15, 0.2) is 39.7 Å². The van der Waals surface area contributed by atoms with E-state index in [1.165, 1.54) is 19.9 Å². The van der Waals surface area contributed by atoms with Crippen LogP contribution in [0.25, 0.3) is 0 Å². The Hall–Kier alpha value is -0.920. The first-order chi connectivity index (χ1) is 13.2. The minimum absolute atomic E-state index is 0.183. The molecule has 0 radical (unpaired) electrons. The van der Waals surface area contributed by atoms with Gasteiger partial charge in [-0.25, -0.2) is 12.8 Å². The van der Waals surface area contributed by atoms with Gasteiger partial charge in [0.2, 0.25) is 13.6 Å².